The van der Waals surface area contributed by atoms with Crippen molar-refractivity contribution < 1.29 is 0 Å². The van der Waals surface area contributed by atoms with E-state index in [4.69, 9.17) is 5.26 Å². The molecule has 0 saturated carbocycles. The first-order valence-corrected chi connectivity index (χ1v) is 4.02. The summed E-state index contributed by atoms with van der Waals surface area (Å²) in [7, 11) is 0. The predicted octanol–water partition coefficient (Wildman–Crippen LogP) is 1.56. The fourth-order valence-corrected chi connectivity index (χ4v) is 0.867. The van der Waals surface area contributed by atoms with Crippen molar-refractivity contribution >= 4 is 5.82 Å². The molecular weight excluding hydrogens is 164 g/mol. The topological polar surface area (TPSA) is 61.6 Å². The van der Waals surface area contributed by atoms with Gasteiger partial charge in [-0.05, 0) is 20.8 Å². The minimum absolute atomic E-state index is 0.109. The summed E-state index contributed by atoms with van der Waals surface area (Å²) in [6.45, 7) is 6.01. The van der Waals surface area contributed by atoms with E-state index in [1.54, 1.807) is 6.20 Å². The molecule has 4 nitrogen and oxygen atoms in total. The van der Waals surface area contributed by atoms with E-state index < -0.39 is 0 Å². The van der Waals surface area contributed by atoms with Crippen molar-refractivity contribution in [1.82, 2.24) is 9.97 Å². The molecule has 1 aromatic heterocycles. The van der Waals surface area contributed by atoms with Crippen LogP contribution in [0.25, 0.3) is 0 Å². The van der Waals surface area contributed by atoms with Crippen molar-refractivity contribution in [1.29, 1.82) is 5.26 Å². The molecule has 1 heterocycles. The minimum atomic E-state index is -0.109. The maximum atomic E-state index is 8.72. The molecule has 4 heteroatoms. The van der Waals surface area contributed by atoms with Crippen LogP contribution in [0.15, 0.2) is 12.4 Å². The monoisotopic (exact) mass is 176 g/mol. The summed E-state index contributed by atoms with van der Waals surface area (Å²) < 4.78 is 0. The van der Waals surface area contributed by atoms with Crippen LogP contribution in [0.4, 0.5) is 5.82 Å². The van der Waals surface area contributed by atoms with Crippen LogP contribution in [0.3, 0.4) is 0 Å². The Kier molecular flexibility index (Phi) is 2.47. The molecule has 0 fully saturated rings. The smallest absolute Gasteiger partial charge is 0.182 e. The lowest BCUT2D eigenvalue weighted by Crippen LogP contribution is -2.27. The summed E-state index contributed by atoms with van der Waals surface area (Å²) in [5.41, 5.74) is 0.221. The van der Waals surface area contributed by atoms with Gasteiger partial charge in [-0.3, -0.25) is 0 Å². The summed E-state index contributed by atoms with van der Waals surface area (Å²) in [5, 5.41) is 11.8. The van der Waals surface area contributed by atoms with Crippen LogP contribution < -0.4 is 5.32 Å². The van der Waals surface area contributed by atoms with Gasteiger partial charge in [0, 0.05) is 17.9 Å². The van der Waals surface area contributed by atoms with Crippen LogP contribution in [-0.2, 0) is 0 Å². The molecule has 0 atom stereocenters. The zero-order valence-electron chi connectivity index (χ0n) is 8.00. The predicted molar refractivity (Wildman–Crippen MR) is 50.1 cm³/mol. The zero-order valence-corrected chi connectivity index (χ0v) is 8.00. The fraction of sp³-hybridized carbons (Fsp3) is 0.444. The Morgan fingerprint density at radius 2 is 1.92 bits per heavy atom. The second kappa shape index (κ2) is 3.40. The molecule has 0 radical (unpaired) electrons. The number of hydrogen-bond acceptors (Lipinski definition) is 4. The fourth-order valence-electron chi connectivity index (χ4n) is 0.867. The molecule has 0 aliphatic carbocycles. The molecule has 0 aromatic carbocycles. The lowest BCUT2D eigenvalue weighted by atomic mass is 10.1. The Morgan fingerprint density at radius 3 is 2.46 bits per heavy atom. The van der Waals surface area contributed by atoms with Crippen LogP contribution in [0.1, 0.15) is 26.5 Å². The third kappa shape index (κ3) is 2.71. The third-order valence-electron chi connectivity index (χ3n) is 1.30. The Bertz CT molecular complexity index is 332. The van der Waals surface area contributed by atoms with Crippen molar-refractivity contribution in [3.8, 4) is 6.07 Å². The molecular formula is C9H12N4. The van der Waals surface area contributed by atoms with E-state index in [-0.39, 0.29) is 5.54 Å². The summed E-state index contributed by atoms with van der Waals surface area (Å²) in [4.78, 5) is 7.93. The standard InChI is InChI=1S/C9H12N4/c1-9(2,3)13-8-7(6-10)11-4-5-12-8/h4-5H,1-3H3,(H,12,13). The second-order valence-corrected chi connectivity index (χ2v) is 3.74. The van der Waals surface area contributed by atoms with E-state index in [1.165, 1.54) is 6.20 Å². The molecule has 1 aromatic rings. The van der Waals surface area contributed by atoms with Crippen molar-refractivity contribution in [2.75, 3.05) is 5.32 Å². The van der Waals surface area contributed by atoms with Crippen molar-refractivity contribution in [2.24, 2.45) is 0 Å². The molecule has 0 aliphatic rings. The van der Waals surface area contributed by atoms with Gasteiger partial charge >= 0.3 is 0 Å². The quantitative estimate of drug-likeness (QED) is 0.705. The Morgan fingerprint density at radius 1 is 1.31 bits per heavy atom. The van der Waals surface area contributed by atoms with Gasteiger partial charge in [0.1, 0.15) is 6.07 Å². The molecule has 0 saturated heterocycles. The van der Waals surface area contributed by atoms with Gasteiger partial charge in [-0.1, -0.05) is 0 Å². The van der Waals surface area contributed by atoms with Crippen molar-refractivity contribution in [3.05, 3.63) is 18.1 Å². The summed E-state index contributed by atoms with van der Waals surface area (Å²) in [5.74, 6) is 0.539. The summed E-state index contributed by atoms with van der Waals surface area (Å²) >= 11 is 0. The Labute approximate surface area is 77.6 Å². The van der Waals surface area contributed by atoms with Gasteiger partial charge in [-0.25, -0.2) is 9.97 Å². The number of nitriles is 1. The van der Waals surface area contributed by atoms with Crippen molar-refractivity contribution in [3.63, 3.8) is 0 Å². The summed E-state index contributed by atoms with van der Waals surface area (Å²) in [6, 6.07) is 1.98. The lowest BCUT2D eigenvalue weighted by molar-refractivity contribution is 0.629. The van der Waals surface area contributed by atoms with Crippen LogP contribution in [0, 0.1) is 11.3 Å². The highest BCUT2D eigenvalue weighted by Gasteiger charge is 2.13. The highest BCUT2D eigenvalue weighted by atomic mass is 15.1. The first-order chi connectivity index (χ1) is 6.03. The largest absolute Gasteiger partial charge is 0.363 e. The second-order valence-electron chi connectivity index (χ2n) is 3.74. The Hall–Kier alpha value is -1.63. The van der Waals surface area contributed by atoms with E-state index in [1.807, 2.05) is 26.8 Å². The minimum Gasteiger partial charge on any atom is -0.363 e. The number of anilines is 1. The zero-order chi connectivity index (χ0) is 9.90. The van der Waals surface area contributed by atoms with Gasteiger partial charge in [-0.15, -0.1) is 0 Å². The van der Waals surface area contributed by atoms with Gasteiger partial charge in [0.05, 0.1) is 0 Å². The number of hydrogen-bond donors (Lipinski definition) is 1. The highest BCUT2D eigenvalue weighted by molar-refractivity contribution is 5.48. The van der Waals surface area contributed by atoms with Gasteiger partial charge in [0.15, 0.2) is 11.5 Å². The number of rotatable bonds is 1. The average Bonchev–Trinajstić information content (AvgIpc) is 2.02. The molecule has 0 aliphatic heterocycles. The van der Waals surface area contributed by atoms with Crippen LogP contribution in [0.2, 0.25) is 0 Å². The van der Waals surface area contributed by atoms with Gasteiger partial charge in [0.25, 0.3) is 0 Å². The van der Waals surface area contributed by atoms with Gasteiger partial charge < -0.3 is 5.32 Å². The van der Waals surface area contributed by atoms with E-state index in [9.17, 15) is 0 Å². The molecule has 13 heavy (non-hydrogen) atoms. The highest BCUT2D eigenvalue weighted by Crippen LogP contribution is 2.13. The van der Waals surface area contributed by atoms with E-state index in [0.717, 1.165) is 0 Å². The molecule has 0 bridgehead atoms. The third-order valence-corrected chi connectivity index (χ3v) is 1.30. The average molecular weight is 176 g/mol. The van der Waals surface area contributed by atoms with E-state index in [0.29, 0.717) is 11.5 Å². The van der Waals surface area contributed by atoms with E-state index >= 15 is 0 Å². The van der Waals surface area contributed by atoms with Crippen LogP contribution >= 0.6 is 0 Å². The summed E-state index contributed by atoms with van der Waals surface area (Å²) in [6.07, 6.45) is 3.07. The van der Waals surface area contributed by atoms with E-state index in [2.05, 4.69) is 15.3 Å². The molecule has 1 N–H and O–H groups in total. The van der Waals surface area contributed by atoms with Gasteiger partial charge in [0.2, 0.25) is 0 Å². The normalized spacial score (nSPS) is 10.6. The number of nitrogens with one attached hydrogen (secondary N) is 1. The molecule has 68 valence electrons. The maximum Gasteiger partial charge on any atom is 0.182 e. The first-order valence-electron chi connectivity index (χ1n) is 4.02. The molecule has 0 amide bonds. The molecule has 1 rings (SSSR count). The van der Waals surface area contributed by atoms with Crippen LogP contribution in [-0.4, -0.2) is 15.5 Å². The number of nitrogens with zero attached hydrogens (tertiary/aromatic N) is 3. The molecule has 0 unspecified atom stereocenters. The Balaban J connectivity index is 2.96. The number of aromatic nitrogens is 2. The maximum absolute atomic E-state index is 8.72. The molecule has 0 spiro atoms. The van der Waals surface area contributed by atoms with Gasteiger partial charge in [-0.2, -0.15) is 5.26 Å². The van der Waals surface area contributed by atoms with Crippen LogP contribution in [0.5, 0.6) is 0 Å². The SMILES string of the molecule is CC(C)(C)Nc1nccnc1C#N. The first kappa shape index (κ1) is 9.46. The van der Waals surface area contributed by atoms with Crippen molar-refractivity contribution in [2.45, 2.75) is 26.3 Å². The lowest BCUT2D eigenvalue weighted by Gasteiger charge is -2.21.